The SMILES string of the molecule is Cc1cc(C#N)cc(C)c1Oc1nc(Nc2ccc(-c3cn(Cc4cccc(Cl)c4)nn3)cc2)nc2ccsc12. The van der Waals surface area contributed by atoms with Crippen molar-refractivity contribution in [2.75, 3.05) is 5.32 Å². The number of fused-ring (bicyclic) bond motifs is 1. The van der Waals surface area contributed by atoms with Crippen LogP contribution in [-0.4, -0.2) is 25.0 Å². The largest absolute Gasteiger partial charge is 0.437 e. The fourth-order valence-corrected chi connectivity index (χ4v) is 5.39. The Kier molecular flexibility index (Phi) is 6.86. The highest BCUT2D eigenvalue weighted by molar-refractivity contribution is 7.17. The summed E-state index contributed by atoms with van der Waals surface area (Å²) in [7, 11) is 0. The number of anilines is 2. The Bertz CT molecular complexity index is 1870. The van der Waals surface area contributed by atoms with Crippen molar-refractivity contribution < 1.29 is 4.74 Å². The Morgan fingerprint density at radius 3 is 2.58 bits per heavy atom. The number of halogens is 1. The number of hydrogen-bond acceptors (Lipinski definition) is 8. The molecule has 0 unspecified atom stereocenters. The van der Waals surface area contributed by atoms with Crippen molar-refractivity contribution >= 4 is 44.8 Å². The van der Waals surface area contributed by atoms with Crippen LogP contribution in [0.4, 0.5) is 11.6 Å². The van der Waals surface area contributed by atoms with Crippen molar-refractivity contribution in [2.24, 2.45) is 0 Å². The molecule has 0 bridgehead atoms. The molecule has 0 aliphatic heterocycles. The Labute approximate surface area is 239 Å². The summed E-state index contributed by atoms with van der Waals surface area (Å²) in [6.07, 6.45) is 1.91. The van der Waals surface area contributed by atoms with Crippen molar-refractivity contribution in [3.8, 4) is 29.0 Å². The second-order valence-electron chi connectivity index (χ2n) is 9.27. The Morgan fingerprint density at radius 2 is 1.82 bits per heavy atom. The number of rotatable bonds is 7. The first-order valence-corrected chi connectivity index (χ1v) is 13.7. The van der Waals surface area contributed by atoms with Gasteiger partial charge in [-0.1, -0.05) is 41.1 Å². The predicted octanol–water partition coefficient (Wildman–Crippen LogP) is 7.68. The maximum Gasteiger partial charge on any atom is 0.242 e. The third-order valence-electron chi connectivity index (χ3n) is 6.27. The third kappa shape index (κ3) is 5.36. The van der Waals surface area contributed by atoms with Gasteiger partial charge >= 0.3 is 0 Å². The van der Waals surface area contributed by atoms with E-state index in [0.717, 1.165) is 43.9 Å². The molecule has 196 valence electrons. The molecule has 3 aromatic carbocycles. The number of benzene rings is 3. The Morgan fingerprint density at radius 1 is 1.02 bits per heavy atom. The maximum absolute atomic E-state index is 9.27. The minimum absolute atomic E-state index is 0.421. The van der Waals surface area contributed by atoms with Gasteiger partial charge in [0.1, 0.15) is 16.1 Å². The summed E-state index contributed by atoms with van der Waals surface area (Å²) >= 11 is 7.62. The summed E-state index contributed by atoms with van der Waals surface area (Å²) in [5.74, 6) is 1.57. The second kappa shape index (κ2) is 10.8. The van der Waals surface area contributed by atoms with Crippen LogP contribution < -0.4 is 10.1 Å². The number of thiophene rings is 1. The highest BCUT2D eigenvalue weighted by Gasteiger charge is 2.15. The zero-order chi connectivity index (χ0) is 27.6. The number of aryl methyl sites for hydroxylation is 2. The number of nitrogens with zero attached hydrogens (tertiary/aromatic N) is 6. The Balaban J connectivity index is 1.21. The lowest BCUT2D eigenvalue weighted by Crippen LogP contribution is -2.00. The maximum atomic E-state index is 9.27. The highest BCUT2D eigenvalue weighted by Crippen LogP contribution is 2.36. The molecule has 0 radical (unpaired) electrons. The molecule has 10 heteroatoms. The van der Waals surface area contributed by atoms with Crippen LogP contribution in [-0.2, 0) is 6.54 Å². The summed E-state index contributed by atoms with van der Waals surface area (Å²) in [6, 6.07) is 23.3. The van der Waals surface area contributed by atoms with Crippen LogP contribution >= 0.6 is 22.9 Å². The lowest BCUT2D eigenvalue weighted by molar-refractivity contribution is 0.463. The van der Waals surface area contributed by atoms with Crippen molar-refractivity contribution in [1.82, 2.24) is 25.0 Å². The summed E-state index contributed by atoms with van der Waals surface area (Å²) in [6.45, 7) is 4.43. The molecule has 0 aliphatic rings. The van der Waals surface area contributed by atoms with Gasteiger partial charge in [0.05, 0.1) is 29.9 Å². The number of ether oxygens (including phenoxy) is 1. The van der Waals surface area contributed by atoms with Crippen LogP contribution in [0.2, 0.25) is 5.02 Å². The van der Waals surface area contributed by atoms with Gasteiger partial charge in [-0.2, -0.15) is 10.2 Å². The van der Waals surface area contributed by atoms with Crippen molar-refractivity contribution in [1.29, 1.82) is 5.26 Å². The van der Waals surface area contributed by atoms with Gasteiger partial charge in [0.15, 0.2) is 0 Å². The molecule has 0 atom stereocenters. The first-order valence-electron chi connectivity index (χ1n) is 12.4. The fourth-order valence-electron chi connectivity index (χ4n) is 4.42. The van der Waals surface area contributed by atoms with E-state index >= 15 is 0 Å². The normalized spacial score (nSPS) is 10.9. The molecule has 1 N–H and O–H groups in total. The Hall–Kier alpha value is -4.78. The molecule has 8 nitrogen and oxygen atoms in total. The van der Waals surface area contributed by atoms with Gasteiger partial charge in [-0.3, -0.25) is 0 Å². The van der Waals surface area contributed by atoms with Gasteiger partial charge in [0.25, 0.3) is 0 Å². The van der Waals surface area contributed by atoms with Crippen LogP contribution in [0.5, 0.6) is 11.6 Å². The molecule has 40 heavy (non-hydrogen) atoms. The van der Waals surface area contributed by atoms with Gasteiger partial charge in [-0.15, -0.1) is 16.4 Å². The smallest absolute Gasteiger partial charge is 0.242 e. The van der Waals surface area contributed by atoms with Gasteiger partial charge in [-0.25, -0.2) is 9.67 Å². The van der Waals surface area contributed by atoms with Crippen LogP contribution in [0.1, 0.15) is 22.3 Å². The fraction of sp³-hybridized carbons (Fsp3) is 0.100. The number of hydrogen-bond donors (Lipinski definition) is 1. The summed E-state index contributed by atoms with van der Waals surface area (Å²) < 4.78 is 8.94. The number of aromatic nitrogens is 5. The van der Waals surface area contributed by atoms with Gasteiger partial charge in [0, 0.05) is 16.3 Å². The minimum atomic E-state index is 0.421. The van der Waals surface area contributed by atoms with Crippen LogP contribution in [0, 0.1) is 25.2 Å². The first kappa shape index (κ1) is 25.5. The summed E-state index contributed by atoms with van der Waals surface area (Å²) in [4.78, 5) is 9.35. The molecule has 0 fully saturated rings. The quantitative estimate of drug-likeness (QED) is 0.212. The molecular weight excluding hydrogens is 542 g/mol. The molecule has 0 amide bonds. The molecule has 0 saturated heterocycles. The molecule has 6 rings (SSSR count). The zero-order valence-corrected chi connectivity index (χ0v) is 23.2. The van der Waals surface area contributed by atoms with Crippen molar-refractivity contribution in [3.05, 3.63) is 106 Å². The zero-order valence-electron chi connectivity index (χ0n) is 21.6. The predicted molar refractivity (Wildman–Crippen MR) is 157 cm³/mol. The van der Waals surface area contributed by atoms with Crippen LogP contribution in [0.15, 0.2) is 78.3 Å². The lowest BCUT2D eigenvalue weighted by Gasteiger charge is -2.13. The van der Waals surface area contributed by atoms with E-state index in [-0.39, 0.29) is 0 Å². The first-order chi connectivity index (χ1) is 19.4. The van der Waals surface area contributed by atoms with E-state index in [0.29, 0.717) is 34.7 Å². The summed E-state index contributed by atoms with van der Waals surface area (Å²) in [5, 5.41) is 23.8. The molecule has 0 spiro atoms. The molecule has 3 heterocycles. The van der Waals surface area contributed by atoms with E-state index in [4.69, 9.17) is 16.3 Å². The average Bonchev–Trinajstić information content (AvgIpc) is 3.61. The standard InChI is InChI=1S/C30H22ClN7OS/c1-18-12-21(15-32)13-19(2)27(18)39-29-28-25(10-11-40-28)34-30(35-29)33-24-8-6-22(7-9-24)26-17-38(37-36-26)16-20-4-3-5-23(31)14-20/h3-14,17H,16H2,1-2H3,(H,33,34,35). The van der Waals surface area contributed by atoms with Gasteiger partial charge in [0.2, 0.25) is 11.8 Å². The molecule has 3 aromatic heterocycles. The topological polar surface area (TPSA) is 102 Å². The van der Waals surface area contributed by atoms with E-state index in [1.54, 1.807) is 4.68 Å². The van der Waals surface area contributed by atoms with E-state index in [1.807, 2.05) is 92.2 Å². The minimum Gasteiger partial charge on any atom is -0.437 e. The van der Waals surface area contributed by atoms with Crippen molar-refractivity contribution in [2.45, 2.75) is 20.4 Å². The summed E-state index contributed by atoms with van der Waals surface area (Å²) in [5.41, 5.74) is 6.71. The molecular formula is C30H22ClN7OS. The molecule has 0 aliphatic carbocycles. The van der Waals surface area contributed by atoms with Crippen LogP contribution in [0.25, 0.3) is 21.5 Å². The van der Waals surface area contributed by atoms with E-state index in [2.05, 4.69) is 31.7 Å². The van der Waals surface area contributed by atoms with E-state index in [9.17, 15) is 5.26 Å². The number of nitrogens with one attached hydrogen (secondary N) is 1. The molecule has 0 saturated carbocycles. The third-order valence-corrected chi connectivity index (χ3v) is 7.40. The number of nitriles is 1. The van der Waals surface area contributed by atoms with Gasteiger partial charge < -0.3 is 10.1 Å². The monoisotopic (exact) mass is 563 g/mol. The second-order valence-corrected chi connectivity index (χ2v) is 10.6. The van der Waals surface area contributed by atoms with Crippen LogP contribution in [0.3, 0.4) is 0 Å². The average molecular weight is 564 g/mol. The van der Waals surface area contributed by atoms with Crippen molar-refractivity contribution in [3.63, 3.8) is 0 Å². The highest BCUT2D eigenvalue weighted by atomic mass is 35.5. The van der Waals surface area contributed by atoms with E-state index < -0.39 is 0 Å². The lowest BCUT2D eigenvalue weighted by atomic mass is 10.1. The molecule has 6 aromatic rings. The van der Waals surface area contributed by atoms with E-state index in [1.165, 1.54) is 11.3 Å². The van der Waals surface area contributed by atoms with Gasteiger partial charge in [-0.05, 0) is 78.4 Å².